The van der Waals surface area contributed by atoms with Gasteiger partial charge in [-0.05, 0) is 30.0 Å². The summed E-state index contributed by atoms with van der Waals surface area (Å²) < 4.78 is 10.4. The van der Waals surface area contributed by atoms with Crippen molar-refractivity contribution in [3.8, 4) is 11.5 Å². The van der Waals surface area contributed by atoms with Crippen LogP contribution in [0.2, 0.25) is 0 Å². The molecule has 1 aliphatic rings. The first-order valence-electron chi connectivity index (χ1n) is 5.11. The van der Waals surface area contributed by atoms with Crippen molar-refractivity contribution >= 4 is 29.0 Å². The average molecular weight is 265 g/mol. The molecule has 6 heteroatoms. The topological polar surface area (TPSA) is 64.6 Å². The van der Waals surface area contributed by atoms with Crippen molar-refractivity contribution in [2.45, 2.75) is 0 Å². The Kier molecular flexibility index (Phi) is 3.57. The Morgan fingerprint density at radius 2 is 1.78 bits per heavy atom. The zero-order valence-electron chi connectivity index (χ0n) is 9.85. The minimum Gasteiger partial charge on any atom is -0.496 e. The second kappa shape index (κ2) is 5.14. The van der Waals surface area contributed by atoms with E-state index in [0.29, 0.717) is 22.0 Å². The van der Waals surface area contributed by atoms with Gasteiger partial charge in [0.25, 0.3) is 11.1 Å². The predicted molar refractivity (Wildman–Crippen MR) is 68.7 cm³/mol. The smallest absolute Gasteiger partial charge is 0.290 e. The lowest BCUT2D eigenvalue weighted by molar-refractivity contribution is -0.115. The molecule has 0 radical (unpaired) electrons. The average Bonchev–Trinajstić information content (AvgIpc) is 2.68. The molecule has 2 rings (SSSR count). The van der Waals surface area contributed by atoms with Gasteiger partial charge < -0.3 is 9.47 Å². The van der Waals surface area contributed by atoms with Gasteiger partial charge in [0.05, 0.1) is 24.7 Å². The van der Waals surface area contributed by atoms with Gasteiger partial charge in [0.1, 0.15) is 11.5 Å². The van der Waals surface area contributed by atoms with Crippen molar-refractivity contribution in [1.29, 1.82) is 0 Å². The fourth-order valence-corrected chi connectivity index (χ4v) is 2.24. The fraction of sp³-hybridized carbons (Fsp3) is 0.167. The molecule has 1 aromatic carbocycles. The van der Waals surface area contributed by atoms with Crippen molar-refractivity contribution in [2.75, 3.05) is 14.2 Å². The maximum Gasteiger partial charge on any atom is 0.290 e. The maximum atomic E-state index is 11.5. The van der Waals surface area contributed by atoms with Crippen LogP contribution in [-0.2, 0) is 4.79 Å². The van der Waals surface area contributed by atoms with E-state index in [1.165, 1.54) is 14.2 Å². The highest BCUT2D eigenvalue weighted by Gasteiger charge is 2.26. The molecule has 0 unspecified atom stereocenters. The summed E-state index contributed by atoms with van der Waals surface area (Å²) in [5.41, 5.74) is 0.634. The maximum absolute atomic E-state index is 11.5. The summed E-state index contributed by atoms with van der Waals surface area (Å²) in [5, 5.41) is 1.82. The van der Waals surface area contributed by atoms with Crippen LogP contribution in [0.15, 0.2) is 23.1 Å². The number of nitrogens with one attached hydrogen (secondary N) is 1. The molecule has 94 valence electrons. The van der Waals surface area contributed by atoms with E-state index in [-0.39, 0.29) is 5.24 Å². The summed E-state index contributed by atoms with van der Waals surface area (Å²) in [4.78, 5) is 22.9. The molecule has 1 heterocycles. The highest BCUT2D eigenvalue weighted by Crippen LogP contribution is 2.34. The number of benzene rings is 1. The SMILES string of the molecule is COc1cccc(OC)c1C=C1SC(=O)NC1=O. The first kappa shape index (κ1) is 12.5. The Hall–Kier alpha value is -1.95. The normalized spacial score (nSPS) is 16.9. The van der Waals surface area contributed by atoms with E-state index in [4.69, 9.17) is 9.47 Å². The number of hydrogen-bond acceptors (Lipinski definition) is 5. The van der Waals surface area contributed by atoms with Crippen molar-refractivity contribution in [3.05, 3.63) is 28.7 Å². The van der Waals surface area contributed by atoms with Gasteiger partial charge in [-0.3, -0.25) is 14.9 Å². The minimum atomic E-state index is -0.405. The molecular formula is C12H11NO4S. The lowest BCUT2D eigenvalue weighted by Gasteiger charge is -2.09. The molecule has 5 nitrogen and oxygen atoms in total. The second-order valence-corrected chi connectivity index (χ2v) is 4.44. The van der Waals surface area contributed by atoms with Crippen LogP contribution in [0.1, 0.15) is 5.56 Å². The monoisotopic (exact) mass is 265 g/mol. The molecule has 1 aromatic rings. The van der Waals surface area contributed by atoms with E-state index >= 15 is 0 Å². The lowest BCUT2D eigenvalue weighted by Crippen LogP contribution is -2.17. The van der Waals surface area contributed by atoms with Crippen LogP contribution < -0.4 is 14.8 Å². The number of methoxy groups -OCH3 is 2. The van der Waals surface area contributed by atoms with E-state index < -0.39 is 5.91 Å². The zero-order chi connectivity index (χ0) is 13.1. The van der Waals surface area contributed by atoms with Crippen molar-refractivity contribution < 1.29 is 19.1 Å². The Morgan fingerprint density at radius 3 is 2.22 bits per heavy atom. The number of imide groups is 1. The Labute approximate surface area is 108 Å². The van der Waals surface area contributed by atoms with Gasteiger partial charge in [0.15, 0.2) is 0 Å². The van der Waals surface area contributed by atoms with E-state index in [2.05, 4.69) is 5.32 Å². The van der Waals surface area contributed by atoms with E-state index in [0.717, 1.165) is 11.8 Å². The highest BCUT2D eigenvalue weighted by molar-refractivity contribution is 8.18. The minimum absolute atomic E-state index is 0.322. The van der Waals surface area contributed by atoms with Gasteiger partial charge in [-0.15, -0.1) is 0 Å². The van der Waals surface area contributed by atoms with Gasteiger partial charge in [-0.25, -0.2) is 0 Å². The van der Waals surface area contributed by atoms with Crippen molar-refractivity contribution in [3.63, 3.8) is 0 Å². The van der Waals surface area contributed by atoms with Crippen LogP contribution in [-0.4, -0.2) is 25.4 Å². The van der Waals surface area contributed by atoms with Crippen LogP contribution in [0.25, 0.3) is 6.08 Å². The molecule has 18 heavy (non-hydrogen) atoms. The van der Waals surface area contributed by atoms with Crippen molar-refractivity contribution in [1.82, 2.24) is 5.32 Å². The molecule has 0 saturated carbocycles. The molecular weight excluding hydrogens is 254 g/mol. The third kappa shape index (κ3) is 2.33. The number of thioether (sulfide) groups is 1. The molecule has 0 spiro atoms. The number of carbonyl (C=O) groups is 2. The largest absolute Gasteiger partial charge is 0.496 e. The van der Waals surface area contributed by atoms with Gasteiger partial charge in [-0.2, -0.15) is 0 Å². The number of rotatable bonds is 3. The van der Waals surface area contributed by atoms with Crippen LogP contribution in [0.5, 0.6) is 11.5 Å². The summed E-state index contributed by atoms with van der Waals surface area (Å²) in [6.07, 6.45) is 1.59. The molecule has 2 amide bonds. The molecule has 1 aliphatic heterocycles. The van der Waals surface area contributed by atoms with Gasteiger partial charge in [0.2, 0.25) is 0 Å². The van der Waals surface area contributed by atoms with Crippen LogP contribution >= 0.6 is 11.8 Å². The molecule has 1 saturated heterocycles. The lowest BCUT2D eigenvalue weighted by atomic mass is 10.1. The summed E-state index contributed by atoms with van der Waals surface area (Å²) in [7, 11) is 3.06. The van der Waals surface area contributed by atoms with Gasteiger partial charge >= 0.3 is 0 Å². The Morgan fingerprint density at radius 1 is 1.17 bits per heavy atom. The third-order valence-electron chi connectivity index (χ3n) is 2.38. The summed E-state index contributed by atoms with van der Waals surface area (Å²) in [5.74, 6) is 0.752. The van der Waals surface area contributed by atoms with Crippen molar-refractivity contribution in [2.24, 2.45) is 0 Å². The standard InChI is InChI=1S/C12H11NO4S/c1-16-8-4-3-5-9(17-2)7(8)6-10-11(14)13-12(15)18-10/h3-6H,1-2H3,(H,13,14,15). The van der Waals surface area contributed by atoms with E-state index in [9.17, 15) is 9.59 Å². The number of hydrogen-bond donors (Lipinski definition) is 1. The highest BCUT2D eigenvalue weighted by atomic mass is 32.2. The molecule has 0 bridgehead atoms. The number of ether oxygens (including phenoxy) is 2. The first-order valence-corrected chi connectivity index (χ1v) is 5.93. The third-order valence-corrected chi connectivity index (χ3v) is 3.19. The van der Waals surface area contributed by atoms with Crippen LogP contribution in [0.4, 0.5) is 4.79 Å². The summed E-state index contributed by atoms with van der Waals surface area (Å²) >= 11 is 0.857. The van der Waals surface area contributed by atoms with Crippen LogP contribution in [0.3, 0.4) is 0 Å². The summed E-state index contributed by atoms with van der Waals surface area (Å²) in [6.45, 7) is 0. The quantitative estimate of drug-likeness (QED) is 0.847. The van der Waals surface area contributed by atoms with E-state index in [1.54, 1.807) is 24.3 Å². The molecule has 0 aliphatic carbocycles. The Bertz CT molecular complexity index is 517. The fourth-order valence-electron chi connectivity index (χ4n) is 1.57. The predicted octanol–water partition coefficient (Wildman–Crippen LogP) is 2.03. The zero-order valence-corrected chi connectivity index (χ0v) is 10.7. The Balaban J connectivity index is 2.47. The van der Waals surface area contributed by atoms with Gasteiger partial charge in [0, 0.05) is 0 Å². The molecule has 1 N–H and O–H groups in total. The first-order chi connectivity index (χ1) is 8.65. The molecule has 0 atom stereocenters. The molecule has 1 fully saturated rings. The number of carbonyl (C=O) groups excluding carboxylic acids is 2. The van der Waals surface area contributed by atoms with Crippen LogP contribution in [0, 0.1) is 0 Å². The second-order valence-electron chi connectivity index (χ2n) is 3.43. The molecule has 0 aromatic heterocycles. The summed E-state index contributed by atoms with van der Waals surface area (Å²) in [6, 6.07) is 5.30. The van der Waals surface area contributed by atoms with E-state index in [1.807, 2.05) is 0 Å². The van der Waals surface area contributed by atoms with Gasteiger partial charge in [-0.1, -0.05) is 6.07 Å². The number of amides is 2.